The van der Waals surface area contributed by atoms with Gasteiger partial charge in [0.1, 0.15) is 29.9 Å². The summed E-state index contributed by atoms with van der Waals surface area (Å²) < 4.78 is 40.8. The average molecular weight is 452 g/mol. The lowest BCUT2D eigenvalue weighted by Gasteiger charge is -2.15. The van der Waals surface area contributed by atoms with Gasteiger partial charge in [0.15, 0.2) is 0 Å². The van der Waals surface area contributed by atoms with Crippen molar-refractivity contribution in [2.75, 3.05) is 32.8 Å². The Balaban J connectivity index is 2.36. The average Bonchev–Trinajstić information content (AvgIpc) is 2.80. The summed E-state index contributed by atoms with van der Waals surface area (Å²) in [5.74, 6) is 0.252. The molecule has 32 heavy (non-hydrogen) atoms. The Morgan fingerprint density at radius 1 is 1.06 bits per heavy atom. The summed E-state index contributed by atoms with van der Waals surface area (Å²) in [6.45, 7) is -1.68. The molecule has 2 aromatic carbocycles. The van der Waals surface area contributed by atoms with Crippen molar-refractivity contribution in [2.45, 2.75) is 19.1 Å². The molecule has 0 radical (unpaired) electrons. The number of rotatable bonds is 11. The molecule has 10 heteroatoms. The molecule has 0 bridgehead atoms. The molecule has 0 aliphatic carbocycles. The van der Waals surface area contributed by atoms with E-state index in [2.05, 4.69) is 5.32 Å². The first-order valence-electron chi connectivity index (χ1n) is 9.59. The van der Waals surface area contributed by atoms with E-state index < -0.39 is 31.6 Å². The Morgan fingerprint density at radius 2 is 1.69 bits per heavy atom. The third kappa shape index (κ3) is 6.64. The molecule has 1 unspecified atom stereocenters. The number of ether oxygens (including phenoxy) is 3. The summed E-state index contributed by atoms with van der Waals surface area (Å²) in [6.07, 6.45) is 0.766. The number of aliphatic hydroxyl groups excluding tert-OH is 2. The fourth-order valence-electron chi connectivity index (χ4n) is 2.78. The van der Waals surface area contributed by atoms with E-state index in [-0.39, 0.29) is 18.0 Å². The quantitative estimate of drug-likeness (QED) is 0.386. The van der Waals surface area contributed by atoms with Crippen LogP contribution >= 0.6 is 0 Å². The van der Waals surface area contributed by atoms with E-state index in [0.29, 0.717) is 28.2 Å². The summed E-state index contributed by atoms with van der Waals surface area (Å²) in [6, 6.07) is 6.84. The van der Waals surface area contributed by atoms with Crippen LogP contribution in [0.15, 0.2) is 30.3 Å². The van der Waals surface area contributed by atoms with E-state index in [4.69, 9.17) is 25.1 Å². The van der Waals surface area contributed by atoms with Gasteiger partial charge in [0.2, 0.25) is 5.91 Å². The molecule has 8 nitrogen and oxygen atoms in total. The number of amides is 1. The van der Waals surface area contributed by atoms with Gasteiger partial charge in [-0.2, -0.15) is 0 Å². The summed E-state index contributed by atoms with van der Waals surface area (Å²) in [5, 5.41) is 21.1. The summed E-state index contributed by atoms with van der Waals surface area (Å²) >= 11 is 0. The fourth-order valence-corrected chi connectivity index (χ4v) is 2.78. The molecule has 0 fully saturated rings. The standard InChI is InChI=1S/C22H26F2N2O6/c1-30-19-8-14(9-20(31-2)15(19)10-27)4-3-13-5-6-18(32-12-21(23)24)17(7-13)26-22(29)16(25)11-28/h3-9,16,21,27-28H,10-12,25H2,1-2H3,(H,26,29). The van der Waals surface area contributed by atoms with Crippen LogP contribution in [0.25, 0.3) is 12.2 Å². The number of nitrogens with one attached hydrogen (secondary N) is 1. The molecule has 5 N–H and O–H groups in total. The minimum atomic E-state index is -2.69. The van der Waals surface area contributed by atoms with Gasteiger partial charge in [-0.25, -0.2) is 8.78 Å². The maximum Gasteiger partial charge on any atom is 0.272 e. The van der Waals surface area contributed by atoms with Crippen molar-refractivity contribution in [3.63, 3.8) is 0 Å². The predicted octanol–water partition coefficient (Wildman–Crippen LogP) is 2.27. The van der Waals surface area contributed by atoms with Crippen molar-refractivity contribution in [3.8, 4) is 17.2 Å². The van der Waals surface area contributed by atoms with Crippen molar-refractivity contribution < 1.29 is 38.0 Å². The van der Waals surface area contributed by atoms with E-state index >= 15 is 0 Å². The fraction of sp³-hybridized carbons (Fsp3) is 0.318. The number of benzene rings is 2. The van der Waals surface area contributed by atoms with E-state index in [1.807, 2.05) is 0 Å². The van der Waals surface area contributed by atoms with Gasteiger partial charge in [0.25, 0.3) is 6.43 Å². The van der Waals surface area contributed by atoms with Crippen molar-refractivity contribution in [1.29, 1.82) is 0 Å². The molecule has 0 aliphatic rings. The third-order valence-electron chi connectivity index (χ3n) is 4.42. The molecule has 0 aliphatic heterocycles. The van der Waals surface area contributed by atoms with E-state index in [0.717, 1.165) is 0 Å². The highest BCUT2D eigenvalue weighted by Gasteiger charge is 2.16. The topological polar surface area (TPSA) is 123 Å². The Hall–Kier alpha value is -3.21. The number of nitrogens with two attached hydrogens (primary N) is 1. The molecule has 174 valence electrons. The van der Waals surface area contributed by atoms with Gasteiger partial charge in [-0.15, -0.1) is 0 Å². The van der Waals surface area contributed by atoms with Crippen molar-refractivity contribution in [3.05, 3.63) is 47.0 Å². The van der Waals surface area contributed by atoms with Gasteiger partial charge in [-0.05, 0) is 35.4 Å². The van der Waals surface area contributed by atoms with Crippen LogP contribution in [0.4, 0.5) is 14.5 Å². The maximum absolute atomic E-state index is 12.6. The Labute approximate surface area is 184 Å². The van der Waals surface area contributed by atoms with Gasteiger partial charge in [-0.1, -0.05) is 18.2 Å². The van der Waals surface area contributed by atoms with Crippen LogP contribution < -0.4 is 25.3 Å². The molecule has 0 saturated heterocycles. The largest absolute Gasteiger partial charge is 0.496 e. The van der Waals surface area contributed by atoms with Gasteiger partial charge in [-0.3, -0.25) is 4.79 Å². The maximum atomic E-state index is 12.6. The first kappa shape index (κ1) is 25.1. The minimum absolute atomic E-state index is 0.0385. The zero-order valence-electron chi connectivity index (χ0n) is 17.7. The van der Waals surface area contributed by atoms with Crippen molar-refractivity contribution in [1.82, 2.24) is 0 Å². The lowest BCUT2D eigenvalue weighted by atomic mass is 10.1. The molecule has 0 spiro atoms. The number of hydrogen-bond donors (Lipinski definition) is 4. The molecule has 2 rings (SSSR count). The highest BCUT2D eigenvalue weighted by Crippen LogP contribution is 2.32. The minimum Gasteiger partial charge on any atom is -0.496 e. The van der Waals surface area contributed by atoms with Crippen LogP contribution in [0.3, 0.4) is 0 Å². The second-order valence-electron chi connectivity index (χ2n) is 6.63. The third-order valence-corrected chi connectivity index (χ3v) is 4.42. The number of carbonyl (C=O) groups is 1. The monoisotopic (exact) mass is 452 g/mol. The number of carbonyl (C=O) groups excluding carboxylic acids is 1. The molecule has 1 atom stereocenters. The van der Waals surface area contributed by atoms with Crippen LogP contribution in [-0.4, -0.2) is 56.0 Å². The second-order valence-corrected chi connectivity index (χ2v) is 6.63. The highest BCUT2D eigenvalue weighted by molar-refractivity contribution is 5.96. The SMILES string of the molecule is COc1cc(C=Cc2ccc(OCC(F)F)c(NC(=O)C(N)CO)c2)cc(OC)c1CO. The Kier molecular flexibility index (Phi) is 9.39. The van der Waals surface area contributed by atoms with Crippen molar-refractivity contribution in [2.24, 2.45) is 5.73 Å². The number of alkyl halides is 2. The van der Waals surface area contributed by atoms with E-state index in [1.54, 1.807) is 30.4 Å². The molecular weight excluding hydrogens is 426 g/mol. The molecular formula is C22H26F2N2O6. The lowest BCUT2D eigenvalue weighted by molar-refractivity contribution is -0.118. The second kappa shape index (κ2) is 12.0. The first-order chi connectivity index (χ1) is 15.3. The van der Waals surface area contributed by atoms with Gasteiger partial charge >= 0.3 is 0 Å². The number of methoxy groups -OCH3 is 2. The van der Waals surface area contributed by atoms with E-state index in [9.17, 15) is 18.7 Å². The van der Waals surface area contributed by atoms with Crippen LogP contribution in [-0.2, 0) is 11.4 Å². The zero-order chi connectivity index (χ0) is 23.7. The molecule has 2 aromatic rings. The number of aliphatic hydroxyl groups is 2. The van der Waals surface area contributed by atoms with Crippen LogP contribution in [0.5, 0.6) is 17.2 Å². The predicted molar refractivity (Wildman–Crippen MR) is 116 cm³/mol. The zero-order valence-corrected chi connectivity index (χ0v) is 17.7. The van der Waals surface area contributed by atoms with Gasteiger partial charge in [0.05, 0.1) is 38.7 Å². The first-order valence-corrected chi connectivity index (χ1v) is 9.59. The summed E-state index contributed by atoms with van der Waals surface area (Å²) in [5.41, 5.74) is 7.48. The molecule has 1 amide bonds. The van der Waals surface area contributed by atoms with Crippen LogP contribution in [0.2, 0.25) is 0 Å². The highest BCUT2D eigenvalue weighted by atomic mass is 19.3. The van der Waals surface area contributed by atoms with Gasteiger partial charge < -0.3 is 35.5 Å². The molecule has 0 aromatic heterocycles. The normalized spacial score (nSPS) is 12.1. The number of hydrogen-bond acceptors (Lipinski definition) is 7. The summed E-state index contributed by atoms with van der Waals surface area (Å²) in [4.78, 5) is 12.1. The van der Waals surface area contributed by atoms with Crippen molar-refractivity contribution >= 4 is 23.7 Å². The number of anilines is 1. The van der Waals surface area contributed by atoms with Gasteiger partial charge in [0, 0.05) is 0 Å². The van der Waals surface area contributed by atoms with E-state index in [1.165, 1.54) is 26.4 Å². The molecule has 0 saturated carbocycles. The van der Waals surface area contributed by atoms with Crippen LogP contribution in [0, 0.1) is 0 Å². The smallest absolute Gasteiger partial charge is 0.272 e. The Morgan fingerprint density at radius 3 is 2.22 bits per heavy atom. The Bertz CT molecular complexity index is 927. The van der Waals surface area contributed by atoms with Crippen LogP contribution in [0.1, 0.15) is 16.7 Å². The summed E-state index contributed by atoms with van der Waals surface area (Å²) in [7, 11) is 2.96. The molecule has 0 heterocycles. The lowest BCUT2D eigenvalue weighted by Crippen LogP contribution is -2.38. The number of halogens is 2.